The summed E-state index contributed by atoms with van der Waals surface area (Å²) in [5.74, 6) is 2.18. The Labute approximate surface area is 135 Å². The number of hydrogen-bond donors (Lipinski definition) is 2. The van der Waals surface area contributed by atoms with Gasteiger partial charge in [-0.05, 0) is 48.5 Å². The Morgan fingerprint density at radius 1 is 1.27 bits per heavy atom. The molecule has 1 amide bonds. The van der Waals surface area contributed by atoms with Gasteiger partial charge in [0, 0.05) is 19.5 Å². The van der Waals surface area contributed by atoms with Gasteiger partial charge in [-0.25, -0.2) is 13.1 Å². The first-order valence-corrected chi connectivity index (χ1v) is 10.2. The largest absolute Gasteiger partial charge is 0.355 e. The number of carbonyl (C=O) groups excluding carboxylic acids is 1. The van der Waals surface area contributed by atoms with Crippen molar-refractivity contribution in [2.24, 2.45) is 17.8 Å². The second-order valence-corrected chi connectivity index (χ2v) is 9.26. The summed E-state index contributed by atoms with van der Waals surface area (Å²) in [4.78, 5) is 11.9. The molecule has 2 fully saturated rings. The number of fused-ring (bicyclic) bond motifs is 2. The Kier molecular flexibility index (Phi) is 4.84. The van der Waals surface area contributed by atoms with E-state index in [1.165, 1.54) is 37.0 Å². The molecular weight excluding hydrogens is 320 g/mol. The molecule has 3 atom stereocenters. The molecule has 2 aliphatic rings. The Morgan fingerprint density at radius 2 is 2.14 bits per heavy atom. The van der Waals surface area contributed by atoms with Crippen molar-refractivity contribution in [3.05, 3.63) is 17.5 Å². The Bertz CT molecular complexity index is 613. The molecule has 122 valence electrons. The quantitative estimate of drug-likeness (QED) is 0.744. The fraction of sp³-hybridized carbons (Fsp3) is 0.667. The van der Waals surface area contributed by atoms with Crippen molar-refractivity contribution in [1.82, 2.24) is 10.0 Å². The van der Waals surface area contributed by atoms with E-state index in [0.29, 0.717) is 23.1 Å². The minimum Gasteiger partial charge on any atom is -0.355 e. The van der Waals surface area contributed by atoms with E-state index in [-0.39, 0.29) is 12.5 Å². The molecule has 7 heteroatoms. The predicted molar refractivity (Wildman–Crippen MR) is 86.1 cm³/mol. The number of nitrogens with one attached hydrogen (secondary N) is 2. The standard InChI is InChI=1S/C15H22N2O3S2/c18-14(10-13-9-11-3-4-12(13)8-11)16-5-6-17-22(19,20)15-2-1-7-21-15/h1-2,7,11-13,17H,3-6,8-10H2,(H,16,18)/t11-,12-,13-/m0/s1. The van der Waals surface area contributed by atoms with Crippen molar-refractivity contribution < 1.29 is 13.2 Å². The van der Waals surface area contributed by atoms with Crippen LogP contribution < -0.4 is 10.0 Å². The van der Waals surface area contributed by atoms with E-state index < -0.39 is 10.0 Å². The van der Waals surface area contributed by atoms with Crippen LogP contribution in [0.3, 0.4) is 0 Å². The smallest absolute Gasteiger partial charge is 0.250 e. The Morgan fingerprint density at radius 3 is 2.77 bits per heavy atom. The van der Waals surface area contributed by atoms with Crippen LogP contribution in [0, 0.1) is 17.8 Å². The predicted octanol–water partition coefficient (Wildman–Crippen LogP) is 1.97. The first kappa shape index (κ1) is 16.0. The van der Waals surface area contributed by atoms with Crippen LogP contribution in [-0.2, 0) is 14.8 Å². The van der Waals surface area contributed by atoms with E-state index in [0.717, 1.165) is 11.8 Å². The maximum Gasteiger partial charge on any atom is 0.250 e. The monoisotopic (exact) mass is 342 g/mol. The third kappa shape index (κ3) is 3.70. The van der Waals surface area contributed by atoms with Gasteiger partial charge in [0.1, 0.15) is 4.21 Å². The molecule has 1 aromatic heterocycles. The minimum atomic E-state index is -3.43. The van der Waals surface area contributed by atoms with Crippen LogP contribution in [0.5, 0.6) is 0 Å². The molecule has 2 aliphatic carbocycles. The molecule has 2 bridgehead atoms. The number of hydrogen-bond acceptors (Lipinski definition) is 4. The zero-order valence-corrected chi connectivity index (χ0v) is 14.1. The van der Waals surface area contributed by atoms with Crippen LogP contribution >= 0.6 is 11.3 Å². The molecule has 3 rings (SSSR count). The molecule has 22 heavy (non-hydrogen) atoms. The van der Waals surface area contributed by atoms with Crippen molar-refractivity contribution in [2.45, 2.75) is 36.3 Å². The summed E-state index contributed by atoms with van der Waals surface area (Å²) in [6.07, 6.45) is 5.72. The van der Waals surface area contributed by atoms with Gasteiger partial charge in [-0.2, -0.15) is 0 Å². The second-order valence-electron chi connectivity index (χ2n) is 6.32. The lowest BCUT2D eigenvalue weighted by atomic mass is 9.86. The summed E-state index contributed by atoms with van der Waals surface area (Å²) in [5.41, 5.74) is 0. The summed E-state index contributed by atoms with van der Waals surface area (Å²) < 4.78 is 26.6. The lowest BCUT2D eigenvalue weighted by Crippen LogP contribution is -2.35. The molecule has 1 aromatic rings. The highest BCUT2D eigenvalue weighted by Gasteiger charge is 2.39. The van der Waals surface area contributed by atoms with Gasteiger partial charge < -0.3 is 5.32 Å². The normalized spacial score (nSPS) is 27.2. The van der Waals surface area contributed by atoms with Gasteiger partial charge in [0.25, 0.3) is 0 Å². The zero-order chi connectivity index (χ0) is 15.6. The first-order valence-electron chi connectivity index (χ1n) is 7.84. The summed E-state index contributed by atoms with van der Waals surface area (Å²) in [6, 6.07) is 3.27. The first-order chi connectivity index (χ1) is 10.5. The molecule has 0 aliphatic heterocycles. The van der Waals surface area contributed by atoms with E-state index >= 15 is 0 Å². The van der Waals surface area contributed by atoms with E-state index in [2.05, 4.69) is 10.0 Å². The average molecular weight is 342 g/mol. The van der Waals surface area contributed by atoms with Gasteiger partial charge in [0.15, 0.2) is 0 Å². The fourth-order valence-corrected chi connectivity index (χ4v) is 5.88. The maximum atomic E-state index is 11.9. The topological polar surface area (TPSA) is 75.3 Å². The molecule has 0 spiro atoms. The zero-order valence-electron chi connectivity index (χ0n) is 12.5. The lowest BCUT2D eigenvalue weighted by Gasteiger charge is -2.20. The second kappa shape index (κ2) is 6.68. The van der Waals surface area contributed by atoms with Gasteiger partial charge in [0.05, 0.1) is 0 Å². The van der Waals surface area contributed by atoms with Crippen LogP contribution in [0.25, 0.3) is 0 Å². The molecule has 5 nitrogen and oxygen atoms in total. The van der Waals surface area contributed by atoms with Gasteiger partial charge in [-0.1, -0.05) is 12.5 Å². The molecule has 0 unspecified atom stereocenters. The highest BCUT2D eigenvalue weighted by molar-refractivity contribution is 7.91. The van der Waals surface area contributed by atoms with Crippen LogP contribution in [0.2, 0.25) is 0 Å². The summed E-state index contributed by atoms with van der Waals surface area (Å²) >= 11 is 1.18. The third-order valence-corrected chi connectivity index (χ3v) is 7.69. The molecule has 0 saturated heterocycles. The molecular formula is C15H22N2O3S2. The van der Waals surface area contributed by atoms with Gasteiger partial charge in [0.2, 0.25) is 15.9 Å². The molecule has 1 heterocycles. The molecule has 0 aromatic carbocycles. The Hall–Kier alpha value is -0.920. The molecule has 2 N–H and O–H groups in total. The summed E-state index contributed by atoms with van der Waals surface area (Å²) in [7, 11) is -3.43. The third-order valence-electron chi connectivity index (χ3n) is 4.83. The highest BCUT2D eigenvalue weighted by atomic mass is 32.2. The lowest BCUT2D eigenvalue weighted by molar-refractivity contribution is -0.122. The SMILES string of the molecule is O=C(C[C@@H]1C[C@H]2CC[C@H]1C2)NCCNS(=O)(=O)c1cccs1. The van der Waals surface area contributed by atoms with Crippen LogP contribution in [0.1, 0.15) is 32.1 Å². The van der Waals surface area contributed by atoms with Crippen molar-refractivity contribution in [3.63, 3.8) is 0 Å². The Balaban J connectivity index is 1.36. The number of sulfonamides is 1. The van der Waals surface area contributed by atoms with Crippen molar-refractivity contribution in [2.75, 3.05) is 13.1 Å². The van der Waals surface area contributed by atoms with E-state index in [1.807, 2.05) is 0 Å². The van der Waals surface area contributed by atoms with Crippen LogP contribution in [0.15, 0.2) is 21.7 Å². The number of carbonyl (C=O) groups is 1. The molecule has 2 saturated carbocycles. The van der Waals surface area contributed by atoms with Gasteiger partial charge in [-0.15, -0.1) is 11.3 Å². The molecule has 0 radical (unpaired) electrons. The summed E-state index contributed by atoms with van der Waals surface area (Å²) in [6.45, 7) is 0.562. The van der Waals surface area contributed by atoms with Crippen molar-refractivity contribution in [1.29, 1.82) is 0 Å². The average Bonchev–Trinajstić information content (AvgIpc) is 3.20. The van der Waals surface area contributed by atoms with Gasteiger partial charge >= 0.3 is 0 Å². The maximum absolute atomic E-state index is 11.9. The van der Waals surface area contributed by atoms with E-state index in [4.69, 9.17) is 0 Å². The van der Waals surface area contributed by atoms with E-state index in [9.17, 15) is 13.2 Å². The summed E-state index contributed by atoms with van der Waals surface area (Å²) in [5, 5.41) is 4.55. The number of rotatable bonds is 7. The van der Waals surface area contributed by atoms with Crippen LogP contribution in [0.4, 0.5) is 0 Å². The minimum absolute atomic E-state index is 0.0490. The van der Waals surface area contributed by atoms with Gasteiger partial charge in [-0.3, -0.25) is 4.79 Å². The number of thiophene rings is 1. The fourth-order valence-electron chi connectivity index (χ4n) is 3.81. The van der Waals surface area contributed by atoms with Crippen LogP contribution in [-0.4, -0.2) is 27.4 Å². The van der Waals surface area contributed by atoms with Crippen molar-refractivity contribution in [3.8, 4) is 0 Å². The highest BCUT2D eigenvalue weighted by Crippen LogP contribution is 2.49. The van der Waals surface area contributed by atoms with Crippen molar-refractivity contribution >= 4 is 27.3 Å². The number of amides is 1. The van der Waals surface area contributed by atoms with E-state index in [1.54, 1.807) is 17.5 Å².